The molecule has 0 spiro atoms. The number of hydrogen-bond acceptors (Lipinski definition) is 6. The number of rotatable bonds is 5. The predicted octanol–water partition coefficient (Wildman–Crippen LogP) is 5.06. The zero-order chi connectivity index (χ0) is 30.2. The molecule has 0 radical (unpaired) electrons. The molecule has 7 rings (SSSR count). The van der Waals surface area contributed by atoms with E-state index in [9.17, 15) is 9.18 Å². The normalized spacial score (nSPS) is 21.6. The van der Waals surface area contributed by atoms with Gasteiger partial charge in [0.1, 0.15) is 11.4 Å². The number of para-hydroxylation sites is 1. The van der Waals surface area contributed by atoms with Gasteiger partial charge in [0, 0.05) is 18.3 Å². The van der Waals surface area contributed by atoms with Gasteiger partial charge in [0.2, 0.25) is 11.9 Å². The van der Waals surface area contributed by atoms with E-state index >= 15 is 0 Å². The molecule has 0 unspecified atom stereocenters. The maximum atomic E-state index is 13.8. The molecule has 2 aliphatic heterocycles. The van der Waals surface area contributed by atoms with Gasteiger partial charge < -0.3 is 5.32 Å². The van der Waals surface area contributed by atoms with Crippen molar-refractivity contribution >= 4 is 29.2 Å². The van der Waals surface area contributed by atoms with Gasteiger partial charge in [0.25, 0.3) is 5.91 Å². The van der Waals surface area contributed by atoms with E-state index < -0.39 is 36.2 Å². The van der Waals surface area contributed by atoms with Crippen molar-refractivity contribution in [2.24, 2.45) is 4.99 Å². The third kappa shape index (κ3) is 3.65. The molecule has 2 aromatic carbocycles. The van der Waals surface area contributed by atoms with Gasteiger partial charge in [-0.3, -0.25) is 14.6 Å². The van der Waals surface area contributed by atoms with E-state index in [-0.39, 0.29) is 41.6 Å². The number of fused-ring (bicyclic) bond motifs is 5. The molecule has 1 saturated carbocycles. The van der Waals surface area contributed by atoms with Crippen LogP contribution in [-0.2, 0) is 6.54 Å². The number of guanidine groups is 1. The number of benzene rings is 2. The Labute approximate surface area is 226 Å². The number of anilines is 3. The molecule has 1 amide bonds. The van der Waals surface area contributed by atoms with Gasteiger partial charge in [0.15, 0.2) is 5.82 Å². The summed E-state index contributed by atoms with van der Waals surface area (Å²) in [6.45, 7) is 0.191. The lowest BCUT2D eigenvalue weighted by Gasteiger charge is -2.34. The highest BCUT2D eigenvalue weighted by Gasteiger charge is 2.49. The highest BCUT2D eigenvalue weighted by atomic mass is 19.1. The van der Waals surface area contributed by atoms with Crippen LogP contribution >= 0.6 is 0 Å². The first-order valence-electron chi connectivity index (χ1n) is 15.0. The molecule has 1 aliphatic carbocycles. The highest BCUT2D eigenvalue weighted by molar-refractivity contribution is 6.21. The number of aromatic nitrogens is 3. The Morgan fingerprint density at radius 3 is 2.71 bits per heavy atom. The number of halogens is 1. The van der Waals surface area contributed by atoms with Crippen LogP contribution in [0.25, 0.3) is 11.3 Å². The molecular weight excluding hydrogens is 481 g/mol. The van der Waals surface area contributed by atoms with Crippen LogP contribution in [-0.4, -0.2) is 50.7 Å². The summed E-state index contributed by atoms with van der Waals surface area (Å²) in [5.41, 5.74) is 2.10. The van der Waals surface area contributed by atoms with Crippen LogP contribution in [0.1, 0.15) is 42.0 Å². The van der Waals surface area contributed by atoms with Crippen molar-refractivity contribution < 1.29 is 16.0 Å². The van der Waals surface area contributed by atoms with E-state index in [1.807, 2.05) is 29.2 Å². The van der Waals surface area contributed by atoms with Gasteiger partial charge in [-0.2, -0.15) is 9.49 Å². The first-order valence-corrected chi connectivity index (χ1v) is 12.5. The van der Waals surface area contributed by atoms with Crippen LogP contribution in [0.4, 0.5) is 21.7 Å². The van der Waals surface area contributed by atoms with Crippen molar-refractivity contribution in [3.05, 3.63) is 89.8 Å². The quantitative estimate of drug-likeness (QED) is 0.378. The first kappa shape index (κ1) is 17.8. The first-order chi connectivity index (χ1) is 20.6. The lowest BCUT2D eigenvalue weighted by molar-refractivity contribution is 0.0866. The average molecular weight is 513 g/mol. The molecule has 4 aromatic rings. The van der Waals surface area contributed by atoms with Gasteiger partial charge in [-0.25, -0.2) is 14.7 Å². The van der Waals surface area contributed by atoms with Crippen LogP contribution in [0.3, 0.4) is 0 Å². The van der Waals surface area contributed by atoms with Crippen molar-refractivity contribution in [3.63, 3.8) is 0 Å². The maximum absolute atomic E-state index is 13.8. The molecule has 1 fully saturated rings. The number of hydrogen-bond donors (Lipinski definition) is 1. The minimum atomic E-state index is -0.573. The van der Waals surface area contributed by atoms with Gasteiger partial charge in [-0.15, -0.1) is 0 Å². The summed E-state index contributed by atoms with van der Waals surface area (Å²) in [4.78, 5) is 26.1. The van der Waals surface area contributed by atoms with Gasteiger partial charge >= 0.3 is 0 Å². The SMILES string of the molecule is [2H]c1c([2H])c([2H])c(Nc2c3c(nn2Cc2ccc(-c4cccc(F)n4)cc2)N2C(=N[C@@H]4CCC[C@@H]42)N(C)C3=O)c([2H])c1[2H]. The average Bonchev–Trinajstić information content (AvgIpc) is 3.70. The zero-order valence-electron chi connectivity index (χ0n) is 25.5. The Morgan fingerprint density at radius 2 is 1.92 bits per heavy atom. The van der Waals surface area contributed by atoms with Gasteiger partial charge in [-0.1, -0.05) is 48.5 Å². The number of carbonyl (C=O) groups is 1. The third-order valence-electron chi connectivity index (χ3n) is 7.29. The smallest absolute Gasteiger partial charge is 0.267 e. The van der Waals surface area contributed by atoms with Crippen molar-refractivity contribution in [2.45, 2.75) is 37.9 Å². The zero-order valence-corrected chi connectivity index (χ0v) is 20.5. The van der Waals surface area contributed by atoms with Crippen molar-refractivity contribution in [1.29, 1.82) is 0 Å². The summed E-state index contributed by atoms with van der Waals surface area (Å²) >= 11 is 0. The fraction of sp³-hybridized carbons (Fsp3) is 0.241. The molecule has 0 saturated heterocycles. The van der Waals surface area contributed by atoms with Crippen molar-refractivity contribution in [3.8, 4) is 11.3 Å². The molecular formula is C29H26FN7O. The molecule has 3 aliphatic rings. The molecule has 8 nitrogen and oxygen atoms in total. The standard InChI is InChI=1S/C29H26FN7O/c1-35-28(38)25-26(31-20-7-3-2-4-8-20)36(34-27(25)37-23-11-5-10-22(23)33-29(35)37)17-18-13-15-19(16-14-18)21-9-6-12-24(30)32-21/h2-4,6-9,12-16,22-23,31H,5,10-11,17H2,1H3/t22-,23+/m1/s1/i2D,3D,4D,7D,8D. The predicted molar refractivity (Wildman–Crippen MR) is 144 cm³/mol. The van der Waals surface area contributed by atoms with Gasteiger partial charge in [-0.05, 0) is 49.0 Å². The number of carbonyl (C=O) groups excluding carboxylic acids is 1. The Bertz CT molecular complexity index is 1810. The lowest BCUT2D eigenvalue weighted by atomic mass is 10.1. The number of aliphatic imine (C=N–C) groups is 1. The minimum absolute atomic E-state index is 0.0549. The van der Waals surface area contributed by atoms with Crippen molar-refractivity contribution in [1.82, 2.24) is 19.7 Å². The second-order valence-corrected chi connectivity index (χ2v) is 9.60. The van der Waals surface area contributed by atoms with E-state index in [0.29, 0.717) is 17.5 Å². The van der Waals surface area contributed by atoms with E-state index in [0.717, 1.165) is 30.4 Å². The summed E-state index contributed by atoms with van der Waals surface area (Å²) in [6.07, 6.45) is 2.83. The van der Waals surface area contributed by atoms with Crippen LogP contribution in [0.5, 0.6) is 0 Å². The van der Waals surface area contributed by atoms with Crippen LogP contribution in [0, 0.1) is 5.95 Å². The fourth-order valence-corrected chi connectivity index (χ4v) is 5.50. The Hall–Kier alpha value is -4.53. The summed E-state index contributed by atoms with van der Waals surface area (Å²) in [6, 6.07) is 9.70. The molecule has 2 aromatic heterocycles. The molecule has 2 atom stereocenters. The number of nitrogens with one attached hydrogen (secondary N) is 1. The summed E-state index contributed by atoms with van der Waals surface area (Å²) in [5, 5.41) is 7.90. The molecule has 9 heteroatoms. The van der Waals surface area contributed by atoms with Crippen LogP contribution in [0.15, 0.2) is 77.7 Å². The maximum Gasteiger partial charge on any atom is 0.267 e. The van der Waals surface area contributed by atoms with E-state index in [2.05, 4.69) is 10.3 Å². The Kier molecular flexibility index (Phi) is 4.13. The largest absolute Gasteiger partial charge is 0.340 e. The van der Waals surface area contributed by atoms with E-state index in [1.54, 1.807) is 23.9 Å². The molecule has 0 bridgehead atoms. The topological polar surface area (TPSA) is 78.7 Å². The minimum Gasteiger partial charge on any atom is -0.340 e. The summed E-state index contributed by atoms with van der Waals surface area (Å²) in [7, 11) is 1.66. The second kappa shape index (κ2) is 8.79. The van der Waals surface area contributed by atoms with Gasteiger partial charge in [0.05, 0.1) is 31.2 Å². The number of amides is 1. The monoisotopic (exact) mass is 512 g/mol. The summed E-state index contributed by atoms with van der Waals surface area (Å²) in [5.74, 6) is 0.237. The summed E-state index contributed by atoms with van der Waals surface area (Å²) < 4.78 is 56.5. The van der Waals surface area contributed by atoms with Crippen LogP contribution in [0.2, 0.25) is 0 Å². The molecule has 190 valence electrons. The number of pyridine rings is 1. The van der Waals surface area contributed by atoms with E-state index in [1.165, 1.54) is 11.0 Å². The highest BCUT2D eigenvalue weighted by Crippen LogP contribution is 2.43. The molecule has 38 heavy (non-hydrogen) atoms. The van der Waals surface area contributed by atoms with E-state index in [4.69, 9.17) is 16.9 Å². The third-order valence-corrected chi connectivity index (χ3v) is 7.29. The van der Waals surface area contributed by atoms with Crippen molar-refractivity contribution in [2.75, 3.05) is 17.3 Å². The Balaban J connectivity index is 1.35. The molecule has 4 heterocycles. The van der Waals surface area contributed by atoms with Crippen LogP contribution < -0.4 is 10.2 Å². The fourth-order valence-electron chi connectivity index (χ4n) is 5.50. The second-order valence-electron chi connectivity index (χ2n) is 9.60. The number of nitrogens with zero attached hydrogens (tertiary/aromatic N) is 6. The molecule has 1 N–H and O–H groups in total. The lowest BCUT2D eigenvalue weighted by Crippen LogP contribution is -2.51. The Morgan fingerprint density at radius 1 is 1.11 bits per heavy atom.